The summed E-state index contributed by atoms with van der Waals surface area (Å²) in [7, 11) is 2.07. The Morgan fingerprint density at radius 3 is 2.38 bits per heavy atom. The van der Waals surface area contributed by atoms with Crippen molar-refractivity contribution in [2.24, 2.45) is 5.41 Å². The number of carboxylic acid groups (broad SMARTS) is 1. The molecule has 1 saturated carbocycles. The van der Waals surface area contributed by atoms with Gasteiger partial charge in [0.25, 0.3) is 0 Å². The molecule has 0 heterocycles. The molecule has 0 radical (unpaired) electrons. The lowest BCUT2D eigenvalue weighted by Crippen LogP contribution is -2.40. The van der Waals surface area contributed by atoms with Crippen LogP contribution in [0.2, 0.25) is 0 Å². The summed E-state index contributed by atoms with van der Waals surface area (Å²) in [5, 5.41) is 9.53. The molecule has 1 aliphatic carbocycles. The lowest BCUT2D eigenvalue weighted by atomic mass is 9.75. The average molecular weight is 289 g/mol. The van der Waals surface area contributed by atoms with Crippen LogP contribution in [0, 0.1) is 5.41 Å². The molecule has 0 aliphatic heterocycles. The quantitative estimate of drug-likeness (QED) is 0.897. The zero-order chi connectivity index (χ0) is 15.5. The van der Waals surface area contributed by atoms with Crippen molar-refractivity contribution in [1.82, 2.24) is 4.90 Å². The molecule has 0 saturated heterocycles. The summed E-state index contributed by atoms with van der Waals surface area (Å²) in [6.07, 6.45) is 4.80. The third-order valence-electron chi connectivity index (χ3n) is 4.90. The Morgan fingerprint density at radius 2 is 1.86 bits per heavy atom. The summed E-state index contributed by atoms with van der Waals surface area (Å²) < 4.78 is 0. The minimum Gasteiger partial charge on any atom is -0.481 e. The summed E-state index contributed by atoms with van der Waals surface area (Å²) in [6, 6.07) is 10.1. The fraction of sp³-hybridized carbons (Fsp3) is 0.611. The third kappa shape index (κ3) is 4.31. The normalized spacial score (nSPS) is 20.4. The minimum atomic E-state index is -0.732. The van der Waals surface area contributed by atoms with Crippen LogP contribution < -0.4 is 0 Å². The first-order valence-electron chi connectivity index (χ1n) is 7.87. The molecule has 2 rings (SSSR count). The number of hydrogen-bond acceptors (Lipinski definition) is 2. The molecule has 1 atom stereocenters. The number of nitrogens with zero attached hydrogens (tertiary/aromatic N) is 1. The summed E-state index contributed by atoms with van der Waals surface area (Å²) >= 11 is 0. The van der Waals surface area contributed by atoms with E-state index in [9.17, 15) is 9.90 Å². The number of aliphatic carboxylic acids is 1. The van der Waals surface area contributed by atoms with Crippen molar-refractivity contribution < 1.29 is 9.90 Å². The van der Waals surface area contributed by atoms with Crippen LogP contribution in [0.15, 0.2) is 30.3 Å². The Labute approximate surface area is 128 Å². The second kappa shape index (κ2) is 6.61. The van der Waals surface area contributed by atoms with Crippen molar-refractivity contribution in [2.45, 2.75) is 51.5 Å². The topological polar surface area (TPSA) is 40.5 Å². The summed E-state index contributed by atoms with van der Waals surface area (Å²) in [5.41, 5.74) is 1.34. The second-order valence-electron chi connectivity index (χ2n) is 7.14. The van der Waals surface area contributed by atoms with Gasteiger partial charge in [-0.25, -0.2) is 0 Å². The lowest BCUT2D eigenvalue weighted by molar-refractivity contribution is -0.139. The van der Waals surface area contributed by atoms with Crippen LogP contribution >= 0.6 is 0 Å². The maximum absolute atomic E-state index is 11.6. The fourth-order valence-electron chi connectivity index (χ4n) is 3.27. The van der Waals surface area contributed by atoms with E-state index in [0.717, 1.165) is 5.56 Å². The van der Waals surface area contributed by atoms with E-state index in [2.05, 4.69) is 25.8 Å². The number of hydrogen-bond donors (Lipinski definition) is 1. The van der Waals surface area contributed by atoms with Crippen molar-refractivity contribution in [3.8, 4) is 0 Å². The highest BCUT2D eigenvalue weighted by atomic mass is 16.4. The smallest absolute Gasteiger partial charge is 0.312 e. The summed E-state index contributed by atoms with van der Waals surface area (Å²) in [6.45, 7) is 5.24. The van der Waals surface area contributed by atoms with E-state index in [1.807, 2.05) is 30.3 Å². The predicted molar refractivity (Wildman–Crippen MR) is 85.5 cm³/mol. The SMILES string of the molecule is CN(CC(C(=O)O)c1ccccc1)C1CCC(C)(C)CC1. The zero-order valence-electron chi connectivity index (χ0n) is 13.4. The van der Waals surface area contributed by atoms with Gasteiger partial charge < -0.3 is 10.0 Å². The highest BCUT2D eigenvalue weighted by Crippen LogP contribution is 2.37. The maximum Gasteiger partial charge on any atom is 0.312 e. The number of carboxylic acids is 1. The molecule has 21 heavy (non-hydrogen) atoms. The molecule has 0 amide bonds. The molecule has 3 heteroatoms. The first-order chi connectivity index (χ1) is 9.89. The highest BCUT2D eigenvalue weighted by molar-refractivity contribution is 5.76. The van der Waals surface area contributed by atoms with E-state index in [-0.39, 0.29) is 0 Å². The number of benzene rings is 1. The van der Waals surface area contributed by atoms with Crippen molar-refractivity contribution in [1.29, 1.82) is 0 Å². The van der Waals surface area contributed by atoms with Crippen molar-refractivity contribution in [3.63, 3.8) is 0 Å². The molecular formula is C18H27NO2. The van der Waals surface area contributed by atoms with Gasteiger partial charge >= 0.3 is 5.97 Å². The first kappa shape index (κ1) is 16.0. The molecule has 1 aromatic rings. The van der Waals surface area contributed by atoms with Crippen LogP contribution in [0.3, 0.4) is 0 Å². The average Bonchev–Trinajstić information content (AvgIpc) is 2.45. The Bertz CT molecular complexity index is 459. The van der Waals surface area contributed by atoms with Gasteiger partial charge in [0.1, 0.15) is 0 Å². The number of carbonyl (C=O) groups is 1. The maximum atomic E-state index is 11.6. The van der Waals surface area contributed by atoms with E-state index < -0.39 is 11.9 Å². The van der Waals surface area contributed by atoms with Gasteiger partial charge in [-0.15, -0.1) is 0 Å². The van der Waals surface area contributed by atoms with Gasteiger partial charge in [-0.05, 0) is 43.7 Å². The van der Waals surface area contributed by atoms with E-state index >= 15 is 0 Å². The fourth-order valence-corrected chi connectivity index (χ4v) is 3.27. The Balaban J connectivity index is 1.99. The molecule has 1 fully saturated rings. The molecule has 0 spiro atoms. The molecule has 1 N–H and O–H groups in total. The van der Waals surface area contributed by atoms with E-state index in [4.69, 9.17) is 0 Å². The van der Waals surface area contributed by atoms with Crippen LogP contribution in [0.5, 0.6) is 0 Å². The monoisotopic (exact) mass is 289 g/mol. The van der Waals surface area contributed by atoms with E-state index in [1.54, 1.807) is 0 Å². The van der Waals surface area contributed by atoms with Gasteiger partial charge in [-0.1, -0.05) is 44.2 Å². The van der Waals surface area contributed by atoms with Crippen LogP contribution in [0.1, 0.15) is 51.0 Å². The highest BCUT2D eigenvalue weighted by Gasteiger charge is 2.31. The molecule has 3 nitrogen and oxygen atoms in total. The second-order valence-corrected chi connectivity index (χ2v) is 7.14. The number of rotatable bonds is 5. The molecule has 116 valence electrons. The third-order valence-corrected chi connectivity index (χ3v) is 4.90. The van der Waals surface area contributed by atoms with Gasteiger partial charge in [0.2, 0.25) is 0 Å². The Kier molecular flexibility index (Phi) is 5.04. The number of likely N-dealkylation sites (N-methyl/N-ethyl adjacent to an activating group) is 1. The molecule has 1 unspecified atom stereocenters. The summed E-state index contributed by atoms with van der Waals surface area (Å²) in [4.78, 5) is 13.8. The van der Waals surface area contributed by atoms with E-state index in [0.29, 0.717) is 18.0 Å². The van der Waals surface area contributed by atoms with Crippen molar-refractivity contribution in [3.05, 3.63) is 35.9 Å². The minimum absolute atomic E-state index is 0.439. The molecule has 1 aromatic carbocycles. The van der Waals surface area contributed by atoms with Crippen molar-refractivity contribution in [2.75, 3.05) is 13.6 Å². The van der Waals surface area contributed by atoms with Gasteiger partial charge in [0, 0.05) is 12.6 Å². The zero-order valence-corrected chi connectivity index (χ0v) is 13.4. The first-order valence-corrected chi connectivity index (χ1v) is 7.87. The van der Waals surface area contributed by atoms with Crippen LogP contribution in [-0.4, -0.2) is 35.6 Å². The molecule has 0 bridgehead atoms. The van der Waals surface area contributed by atoms with Gasteiger partial charge in [0.15, 0.2) is 0 Å². The van der Waals surface area contributed by atoms with Crippen LogP contribution in [-0.2, 0) is 4.79 Å². The largest absolute Gasteiger partial charge is 0.481 e. The van der Waals surface area contributed by atoms with Gasteiger partial charge in [-0.3, -0.25) is 4.79 Å². The van der Waals surface area contributed by atoms with E-state index in [1.165, 1.54) is 25.7 Å². The van der Waals surface area contributed by atoms with Gasteiger partial charge in [0.05, 0.1) is 5.92 Å². The molecule has 1 aliphatic rings. The summed E-state index contributed by atoms with van der Waals surface area (Å²) in [5.74, 6) is -1.17. The predicted octanol–water partition coefficient (Wildman–Crippen LogP) is 3.76. The van der Waals surface area contributed by atoms with Crippen LogP contribution in [0.4, 0.5) is 0 Å². The standard InChI is InChI=1S/C18H27NO2/c1-18(2)11-9-15(10-12-18)19(3)13-16(17(20)21)14-7-5-4-6-8-14/h4-8,15-16H,9-13H2,1-3H3,(H,20,21). The van der Waals surface area contributed by atoms with Crippen molar-refractivity contribution >= 4 is 5.97 Å². The van der Waals surface area contributed by atoms with Crippen LogP contribution in [0.25, 0.3) is 0 Å². The Hall–Kier alpha value is -1.35. The Morgan fingerprint density at radius 1 is 1.29 bits per heavy atom. The molecule has 0 aromatic heterocycles. The molecular weight excluding hydrogens is 262 g/mol. The lowest BCUT2D eigenvalue weighted by Gasteiger charge is -2.39. The van der Waals surface area contributed by atoms with Gasteiger partial charge in [-0.2, -0.15) is 0 Å².